The smallest absolute Gasteiger partial charge is 0.328 e. The average molecular weight is 289 g/mol. The third kappa shape index (κ3) is 6.48. The Balaban J connectivity index is 2.70. The van der Waals surface area contributed by atoms with Crippen molar-refractivity contribution in [1.82, 2.24) is 0 Å². The zero-order chi connectivity index (χ0) is 15.5. The van der Waals surface area contributed by atoms with Crippen LogP contribution in [0.4, 0.5) is 0 Å². The number of hydrogen-bond donors (Lipinski definition) is 1. The second-order valence-corrected chi connectivity index (χ2v) is 4.27. The molecule has 1 aromatic carbocycles. The van der Waals surface area contributed by atoms with E-state index < -0.39 is 5.97 Å². The fourth-order valence-corrected chi connectivity index (χ4v) is 1.67. The molecular weight excluding hydrogens is 270 g/mol. The number of ether oxygens (including phenoxy) is 2. The zero-order valence-electron chi connectivity index (χ0n) is 12.0. The van der Waals surface area contributed by atoms with Gasteiger partial charge in [-0.15, -0.1) is 0 Å². The van der Waals surface area contributed by atoms with Gasteiger partial charge in [-0.25, -0.2) is 4.79 Å². The molecule has 1 rings (SSSR count). The van der Waals surface area contributed by atoms with E-state index in [0.29, 0.717) is 31.1 Å². The second kappa shape index (κ2) is 9.43. The van der Waals surface area contributed by atoms with Crippen molar-refractivity contribution >= 4 is 12.0 Å². The normalized spacial score (nSPS) is 10.3. The van der Waals surface area contributed by atoms with Gasteiger partial charge in [0.25, 0.3) is 0 Å². The van der Waals surface area contributed by atoms with E-state index in [2.05, 4.69) is 6.07 Å². The van der Waals surface area contributed by atoms with Crippen molar-refractivity contribution < 1.29 is 19.4 Å². The number of aliphatic carboxylic acids is 1. The molecule has 112 valence electrons. The molecule has 1 N–H and O–H groups in total. The number of unbranched alkanes of at least 4 members (excludes halogenated alkanes) is 2. The SMILES string of the molecule is CCOc1cc(C=CC(=O)O)ccc1OCCCCC#N. The molecule has 0 saturated carbocycles. The lowest BCUT2D eigenvalue weighted by Crippen LogP contribution is -2.01. The predicted molar refractivity (Wildman–Crippen MR) is 79.2 cm³/mol. The monoisotopic (exact) mass is 289 g/mol. The first-order chi connectivity index (χ1) is 10.2. The van der Waals surface area contributed by atoms with Gasteiger partial charge in [0.1, 0.15) is 0 Å². The summed E-state index contributed by atoms with van der Waals surface area (Å²) >= 11 is 0. The number of carboxylic acids is 1. The van der Waals surface area contributed by atoms with Gasteiger partial charge in [0.2, 0.25) is 0 Å². The lowest BCUT2D eigenvalue weighted by atomic mass is 10.2. The highest BCUT2D eigenvalue weighted by Gasteiger charge is 2.05. The van der Waals surface area contributed by atoms with E-state index in [1.807, 2.05) is 6.92 Å². The molecule has 0 aromatic heterocycles. The van der Waals surface area contributed by atoms with Crippen LogP contribution in [0.15, 0.2) is 24.3 Å². The van der Waals surface area contributed by atoms with Crippen LogP contribution in [0.2, 0.25) is 0 Å². The Morgan fingerprint density at radius 2 is 2.14 bits per heavy atom. The largest absolute Gasteiger partial charge is 0.490 e. The van der Waals surface area contributed by atoms with Gasteiger partial charge in [-0.05, 0) is 43.5 Å². The molecule has 21 heavy (non-hydrogen) atoms. The van der Waals surface area contributed by atoms with Gasteiger partial charge in [-0.2, -0.15) is 5.26 Å². The maximum Gasteiger partial charge on any atom is 0.328 e. The Morgan fingerprint density at radius 1 is 1.33 bits per heavy atom. The van der Waals surface area contributed by atoms with Gasteiger partial charge in [-0.3, -0.25) is 0 Å². The number of carboxylic acid groups (broad SMARTS) is 1. The van der Waals surface area contributed by atoms with Crippen molar-refractivity contribution in [1.29, 1.82) is 5.26 Å². The van der Waals surface area contributed by atoms with Crippen LogP contribution in [0.5, 0.6) is 11.5 Å². The highest BCUT2D eigenvalue weighted by atomic mass is 16.5. The maximum atomic E-state index is 10.5. The van der Waals surface area contributed by atoms with Crippen LogP contribution in [-0.4, -0.2) is 24.3 Å². The minimum atomic E-state index is -0.995. The van der Waals surface area contributed by atoms with Crippen molar-refractivity contribution in [2.75, 3.05) is 13.2 Å². The van der Waals surface area contributed by atoms with Crippen molar-refractivity contribution in [3.63, 3.8) is 0 Å². The Kier molecular flexibility index (Phi) is 7.44. The van der Waals surface area contributed by atoms with Gasteiger partial charge in [0.05, 0.1) is 19.3 Å². The summed E-state index contributed by atoms with van der Waals surface area (Å²) in [7, 11) is 0. The van der Waals surface area contributed by atoms with E-state index in [1.165, 1.54) is 6.08 Å². The molecule has 0 saturated heterocycles. The van der Waals surface area contributed by atoms with Gasteiger partial charge in [0.15, 0.2) is 11.5 Å². The number of carbonyl (C=O) groups is 1. The molecule has 0 fully saturated rings. The van der Waals surface area contributed by atoms with Gasteiger partial charge in [0, 0.05) is 12.5 Å². The molecule has 0 aliphatic heterocycles. The second-order valence-electron chi connectivity index (χ2n) is 4.27. The number of nitrogens with zero attached hydrogens (tertiary/aromatic N) is 1. The Bertz CT molecular complexity index is 532. The molecule has 0 unspecified atom stereocenters. The number of benzene rings is 1. The lowest BCUT2D eigenvalue weighted by Gasteiger charge is -2.12. The lowest BCUT2D eigenvalue weighted by molar-refractivity contribution is -0.131. The minimum Gasteiger partial charge on any atom is -0.490 e. The van der Waals surface area contributed by atoms with Crippen molar-refractivity contribution in [2.45, 2.75) is 26.2 Å². The van der Waals surface area contributed by atoms with Crippen molar-refractivity contribution in [3.05, 3.63) is 29.8 Å². The van der Waals surface area contributed by atoms with Crippen LogP contribution < -0.4 is 9.47 Å². The van der Waals surface area contributed by atoms with Gasteiger partial charge in [-0.1, -0.05) is 6.07 Å². The molecule has 0 aliphatic carbocycles. The quantitative estimate of drug-likeness (QED) is 0.557. The van der Waals surface area contributed by atoms with Crippen LogP contribution >= 0.6 is 0 Å². The predicted octanol–water partition coefficient (Wildman–Crippen LogP) is 3.26. The maximum absolute atomic E-state index is 10.5. The van der Waals surface area contributed by atoms with Crippen LogP contribution in [0.25, 0.3) is 6.08 Å². The van der Waals surface area contributed by atoms with Crippen LogP contribution in [0.1, 0.15) is 31.7 Å². The van der Waals surface area contributed by atoms with E-state index in [1.54, 1.807) is 18.2 Å². The minimum absolute atomic E-state index is 0.497. The summed E-state index contributed by atoms with van der Waals surface area (Å²) in [5.41, 5.74) is 0.734. The average Bonchev–Trinajstić information content (AvgIpc) is 2.47. The molecule has 5 heteroatoms. The first kappa shape index (κ1) is 16.6. The topological polar surface area (TPSA) is 79.6 Å². The molecule has 0 radical (unpaired) electrons. The summed E-state index contributed by atoms with van der Waals surface area (Å²) in [6.45, 7) is 2.89. The van der Waals surface area contributed by atoms with Gasteiger partial charge < -0.3 is 14.6 Å². The highest BCUT2D eigenvalue weighted by molar-refractivity contribution is 5.85. The van der Waals surface area contributed by atoms with E-state index in [4.69, 9.17) is 19.8 Å². The molecule has 0 atom stereocenters. The number of hydrogen-bond acceptors (Lipinski definition) is 4. The van der Waals surface area contributed by atoms with E-state index in [0.717, 1.165) is 24.5 Å². The first-order valence-electron chi connectivity index (χ1n) is 6.85. The summed E-state index contributed by atoms with van der Waals surface area (Å²) in [5.74, 6) is 0.220. The van der Waals surface area contributed by atoms with Gasteiger partial charge >= 0.3 is 5.97 Å². The molecule has 0 spiro atoms. The van der Waals surface area contributed by atoms with Crippen LogP contribution in [-0.2, 0) is 4.79 Å². The summed E-state index contributed by atoms with van der Waals surface area (Å²) in [4.78, 5) is 10.5. The van der Waals surface area contributed by atoms with E-state index in [-0.39, 0.29) is 0 Å². The number of nitriles is 1. The molecule has 0 amide bonds. The van der Waals surface area contributed by atoms with Crippen molar-refractivity contribution in [2.24, 2.45) is 0 Å². The zero-order valence-corrected chi connectivity index (χ0v) is 12.0. The first-order valence-corrected chi connectivity index (χ1v) is 6.85. The van der Waals surface area contributed by atoms with Crippen molar-refractivity contribution in [3.8, 4) is 17.6 Å². The molecule has 5 nitrogen and oxygen atoms in total. The molecular formula is C16H19NO4. The molecule has 0 aliphatic rings. The van der Waals surface area contributed by atoms with Crippen LogP contribution in [0.3, 0.4) is 0 Å². The van der Waals surface area contributed by atoms with E-state index >= 15 is 0 Å². The summed E-state index contributed by atoms with van der Waals surface area (Å²) < 4.78 is 11.1. The third-order valence-electron chi connectivity index (χ3n) is 2.63. The standard InChI is InChI=1S/C16H19NO4/c1-2-20-15-12-13(7-9-16(18)19)6-8-14(15)21-11-5-3-4-10-17/h6-9,12H,2-5,11H2,1H3,(H,18,19). The third-order valence-corrected chi connectivity index (χ3v) is 2.63. The fourth-order valence-electron chi connectivity index (χ4n) is 1.67. The molecule has 0 bridgehead atoms. The van der Waals surface area contributed by atoms with Crippen LogP contribution in [0, 0.1) is 11.3 Å². The fraction of sp³-hybridized carbons (Fsp3) is 0.375. The number of rotatable bonds is 9. The Morgan fingerprint density at radius 3 is 2.81 bits per heavy atom. The Labute approximate surface area is 124 Å². The summed E-state index contributed by atoms with van der Waals surface area (Å²) in [6, 6.07) is 7.37. The Hall–Kier alpha value is -2.48. The summed E-state index contributed by atoms with van der Waals surface area (Å²) in [5, 5.41) is 17.1. The summed E-state index contributed by atoms with van der Waals surface area (Å²) in [6.07, 6.45) is 4.72. The van der Waals surface area contributed by atoms with E-state index in [9.17, 15) is 4.79 Å². The highest BCUT2D eigenvalue weighted by Crippen LogP contribution is 2.29. The molecule has 0 heterocycles. The molecule has 1 aromatic rings.